The molecule has 0 spiro atoms. The SMILES string of the molecule is CC(=O)c1[c]ccc(CC(C)C)c1. The fourth-order valence-electron chi connectivity index (χ4n) is 1.32. The van der Waals surface area contributed by atoms with Crippen molar-refractivity contribution in [3.8, 4) is 0 Å². The number of hydrogen-bond acceptors (Lipinski definition) is 1. The molecule has 0 aromatic heterocycles. The highest BCUT2D eigenvalue weighted by atomic mass is 16.1. The van der Waals surface area contributed by atoms with Gasteiger partial charge >= 0.3 is 0 Å². The van der Waals surface area contributed by atoms with Gasteiger partial charge in [-0.2, -0.15) is 0 Å². The van der Waals surface area contributed by atoms with E-state index in [4.69, 9.17) is 0 Å². The van der Waals surface area contributed by atoms with Crippen LogP contribution in [0.25, 0.3) is 0 Å². The quantitative estimate of drug-likeness (QED) is 0.645. The topological polar surface area (TPSA) is 17.1 Å². The highest BCUT2D eigenvalue weighted by Gasteiger charge is 2.02. The van der Waals surface area contributed by atoms with Crippen LogP contribution in [-0.4, -0.2) is 5.78 Å². The molecule has 0 aliphatic carbocycles. The van der Waals surface area contributed by atoms with Crippen molar-refractivity contribution in [1.82, 2.24) is 0 Å². The van der Waals surface area contributed by atoms with Crippen LogP contribution in [0.15, 0.2) is 18.2 Å². The molecular formula is C12H15O. The smallest absolute Gasteiger partial charge is 0.160 e. The summed E-state index contributed by atoms with van der Waals surface area (Å²) in [6, 6.07) is 8.71. The van der Waals surface area contributed by atoms with Gasteiger partial charge in [0.2, 0.25) is 0 Å². The Kier molecular flexibility index (Phi) is 3.24. The first kappa shape index (κ1) is 9.97. The second kappa shape index (κ2) is 4.22. The van der Waals surface area contributed by atoms with Crippen LogP contribution in [-0.2, 0) is 6.42 Å². The molecule has 0 unspecified atom stereocenters. The van der Waals surface area contributed by atoms with Gasteiger partial charge in [0, 0.05) is 5.56 Å². The zero-order chi connectivity index (χ0) is 9.84. The van der Waals surface area contributed by atoms with Crippen LogP contribution in [0.5, 0.6) is 0 Å². The first-order valence-electron chi connectivity index (χ1n) is 4.61. The Morgan fingerprint density at radius 3 is 2.77 bits per heavy atom. The zero-order valence-electron chi connectivity index (χ0n) is 8.42. The molecule has 0 saturated heterocycles. The molecular weight excluding hydrogens is 160 g/mol. The van der Waals surface area contributed by atoms with Crippen molar-refractivity contribution in [2.75, 3.05) is 0 Å². The first-order chi connectivity index (χ1) is 6.09. The van der Waals surface area contributed by atoms with Gasteiger partial charge in [0.25, 0.3) is 0 Å². The minimum Gasteiger partial charge on any atom is -0.294 e. The number of rotatable bonds is 3. The highest BCUT2D eigenvalue weighted by Crippen LogP contribution is 2.10. The molecule has 0 aliphatic heterocycles. The lowest BCUT2D eigenvalue weighted by Gasteiger charge is -2.05. The average molecular weight is 175 g/mol. The Bertz CT molecular complexity index is 300. The van der Waals surface area contributed by atoms with E-state index in [2.05, 4.69) is 19.9 Å². The Morgan fingerprint density at radius 1 is 1.54 bits per heavy atom. The van der Waals surface area contributed by atoms with E-state index in [1.807, 2.05) is 18.2 Å². The molecule has 0 atom stereocenters. The molecule has 0 amide bonds. The molecule has 0 saturated carbocycles. The fraction of sp³-hybridized carbons (Fsp3) is 0.417. The van der Waals surface area contributed by atoms with Crippen LogP contribution in [0.3, 0.4) is 0 Å². The Balaban J connectivity index is 2.85. The summed E-state index contributed by atoms with van der Waals surface area (Å²) in [4.78, 5) is 11.1. The van der Waals surface area contributed by atoms with Crippen molar-refractivity contribution in [2.45, 2.75) is 27.2 Å². The summed E-state index contributed by atoms with van der Waals surface area (Å²) in [5, 5.41) is 0. The van der Waals surface area contributed by atoms with Crippen LogP contribution in [0.1, 0.15) is 36.7 Å². The van der Waals surface area contributed by atoms with E-state index in [1.54, 1.807) is 6.92 Å². The lowest BCUT2D eigenvalue weighted by molar-refractivity contribution is 0.101. The summed E-state index contributed by atoms with van der Waals surface area (Å²) in [6.45, 7) is 5.92. The van der Waals surface area contributed by atoms with E-state index in [-0.39, 0.29) is 5.78 Å². The summed E-state index contributed by atoms with van der Waals surface area (Å²) in [5.41, 5.74) is 1.91. The minimum absolute atomic E-state index is 0.0885. The number of ketones is 1. The molecule has 0 aliphatic rings. The molecule has 0 heterocycles. The minimum atomic E-state index is 0.0885. The summed E-state index contributed by atoms with van der Waals surface area (Å²) < 4.78 is 0. The van der Waals surface area contributed by atoms with Gasteiger partial charge < -0.3 is 0 Å². The maximum absolute atomic E-state index is 11.1. The third-order valence-electron chi connectivity index (χ3n) is 1.89. The molecule has 0 N–H and O–H groups in total. The number of carbonyl (C=O) groups is 1. The van der Waals surface area contributed by atoms with Gasteiger partial charge in [-0.05, 0) is 37.0 Å². The zero-order valence-corrected chi connectivity index (χ0v) is 8.42. The lowest BCUT2D eigenvalue weighted by atomic mass is 10.00. The Morgan fingerprint density at radius 2 is 2.23 bits per heavy atom. The largest absolute Gasteiger partial charge is 0.294 e. The van der Waals surface area contributed by atoms with Crippen LogP contribution < -0.4 is 0 Å². The molecule has 13 heavy (non-hydrogen) atoms. The predicted octanol–water partition coefficient (Wildman–Crippen LogP) is 2.89. The van der Waals surface area contributed by atoms with Crippen molar-refractivity contribution >= 4 is 5.78 Å². The number of Topliss-reactive ketones (excluding diaryl/α,β-unsaturated/α-hetero) is 1. The van der Waals surface area contributed by atoms with E-state index in [1.165, 1.54) is 5.56 Å². The van der Waals surface area contributed by atoms with E-state index >= 15 is 0 Å². The van der Waals surface area contributed by atoms with Gasteiger partial charge in [0.05, 0.1) is 0 Å². The third kappa shape index (κ3) is 3.02. The fourth-order valence-corrected chi connectivity index (χ4v) is 1.32. The maximum atomic E-state index is 11.1. The molecule has 1 aromatic rings. The summed E-state index contributed by atoms with van der Waals surface area (Å²) in [6.07, 6.45) is 1.02. The molecule has 69 valence electrons. The maximum Gasteiger partial charge on any atom is 0.160 e. The monoisotopic (exact) mass is 175 g/mol. The number of carbonyl (C=O) groups excluding carboxylic acids is 1. The number of benzene rings is 1. The van der Waals surface area contributed by atoms with Crippen molar-refractivity contribution in [1.29, 1.82) is 0 Å². The molecule has 1 aromatic carbocycles. The summed E-state index contributed by atoms with van der Waals surface area (Å²) >= 11 is 0. The standard InChI is InChI=1S/C12H15O/c1-9(2)7-11-5-4-6-12(8-11)10(3)13/h4-5,8-9H,7H2,1-3H3. The Hall–Kier alpha value is -1.11. The van der Waals surface area contributed by atoms with Crippen LogP contribution in [0.4, 0.5) is 0 Å². The Labute approximate surface area is 79.8 Å². The van der Waals surface area contributed by atoms with Crippen LogP contribution in [0, 0.1) is 12.0 Å². The second-order valence-corrected chi connectivity index (χ2v) is 3.76. The van der Waals surface area contributed by atoms with Crippen molar-refractivity contribution in [3.63, 3.8) is 0 Å². The van der Waals surface area contributed by atoms with E-state index in [9.17, 15) is 4.79 Å². The van der Waals surface area contributed by atoms with E-state index < -0.39 is 0 Å². The summed E-state index contributed by atoms with van der Waals surface area (Å²) in [7, 11) is 0. The van der Waals surface area contributed by atoms with Gasteiger partial charge in [-0.3, -0.25) is 4.79 Å². The normalized spacial score (nSPS) is 10.5. The first-order valence-corrected chi connectivity index (χ1v) is 4.61. The van der Waals surface area contributed by atoms with Crippen molar-refractivity contribution in [3.05, 3.63) is 35.4 Å². The van der Waals surface area contributed by atoms with Crippen molar-refractivity contribution in [2.24, 2.45) is 5.92 Å². The second-order valence-electron chi connectivity index (χ2n) is 3.76. The van der Waals surface area contributed by atoms with Gasteiger partial charge in [0.1, 0.15) is 0 Å². The van der Waals surface area contributed by atoms with Crippen LogP contribution >= 0.6 is 0 Å². The van der Waals surface area contributed by atoms with Gasteiger partial charge in [-0.1, -0.05) is 26.0 Å². The third-order valence-corrected chi connectivity index (χ3v) is 1.89. The average Bonchev–Trinajstić information content (AvgIpc) is 2.03. The molecule has 1 rings (SSSR count). The van der Waals surface area contributed by atoms with Crippen LogP contribution in [0.2, 0.25) is 0 Å². The molecule has 1 heteroatoms. The van der Waals surface area contributed by atoms with E-state index in [0.29, 0.717) is 11.5 Å². The summed E-state index contributed by atoms with van der Waals surface area (Å²) in [5.74, 6) is 0.716. The van der Waals surface area contributed by atoms with E-state index in [0.717, 1.165) is 6.42 Å². The van der Waals surface area contributed by atoms with Gasteiger partial charge in [-0.15, -0.1) is 0 Å². The van der Waals surface area contributed by atoms with Gasteiger partial charge in [-0.25, -0.2) is 0 Å². The van der Waals surface area contributed by atoms with Crippen molar-refractivity contribution < 1.29 is 4.79 Å². The van der Waals surface area contributed by atoms with Gasteiger partial charge in [0.15, 0.2) is 5.78 Å². The predicted molar refractivity (Wildman–Crippen MR) is 53.8 cm³/mol. The lowest BCUT2D eigenvalue weighted by Crippen LogP contribution is -1.97. The molecule has 0 bridgehead atoms. The molecule has 1 radical (unpaired) electrons. The molecule has 1 nitrogen and oxygen atoms in total. The highest BCUT2D eigenvalue weighted by molar-refractivity contribution is 5.93. The molecule has 0 fully saturated rings. The number of hydrogen-bond donors (Lipinski definition) is 0.